The number of para-hydroxylation sites is 1. The van der Waals surface area contributed by atoms with E-state index in [1.54, 1.807) is 25.1 Å². The molecule has 0 spiro atoms. The summed E-state index contributed by atoms with van der Waals surface area (Å²) in [6, 6.07) is 5.41. The Hall–Kier alpha value is -3.30. The molecule has 25 heavy (non-hydrogen) atoms. The molecule has 0 unspecified atom stereocenters. The van der Waals surface area contributed by atoms with Crippen LogP contribution in [-0.2, 0) is 13.7 Å². The molecule has 130 valence electrons. The first-order valence-corrected chi connectivity index (χ1v) is 7.55. The van der Waals surface area contributed by atoms with Gasteiger partial charge in [-0.3, -0.25) is 0 Å². The maximum Gasteiger partial charge on any atom is 0.369 e. The normalized spacial score (nSPS) is 11.2. The van der Waals surface area contributed by atoms with Crippen LogP contribution in [0.3, 0.4) is 0 Å². The van der Waals surface area contributed by atoms with E-state index >= 15 is 0 Å². The third kappa shape index (κ3) is 3.32. The monoisotopic (exact) mass is 345 g/mol. The summed E-state index contributed by atoms with van der Waals surface area (Å²) in [6.45, 7) is 4.02. The number of nitrogens with zero attached hydrogens (tertiary/aromatic N) is 7. The van der Waals surface area contributed by atoms with Crippen LogP contribution in [0.1, 0.15) is 19.4 Å². The van der Waals surface area contributed by atoms with Gasteiger partial charge in [0.25, 0.3) is 0 Å². The van der Waals surface area contributed by atoms with Crippen molar-refractivity contribution < 1.29 is 10.8 Å². The van der Waals surface area contributed by atoms with E-state index in [0.717, 1.165) is 14.9 Å². The lowest BCUT2D eigenvalue weighted by atomic mass is 10.2. The van der Waals surface area contributed by atoms with Gasteiger partial charge in [-0.2, -0.15) is 4.68 Å². The first-order chi connectivity index (χ1) is 12.5. The largest absolute Gasteiger partial charge is 0.488 e. The molecule has 3 aromatic rings. The number of ether oxygens (including phenoxy) is 2. The molecule has 10 heteroatoms. The van der Waals surface area contributed by atoms with Crippen molar-refractivity contribution in [3.05, 3.63) is 45.9 Å². The van der Waals surface area contributed by atoms with Crippen LogP contribution in [0.25, 0.3) is 5.82 Å². The summed E-state index contributed by atoms with van der Waals surface area (Å²) < 4.78 is 21.0. The van der Waals surface area contributed by atoms with Gasteiger partial charge in [-0.15, -0.1) is 9.78 Å². The zero-order chi connectivity index (χ0) is 18.7. The molecule has 3 rings (SSSR count). The smallest absolute Gasteiger partial charge is 0.369 e. The molecule has 1 aromatic carbocycles. The third-order valence-corrected chi connectivity index (χ3v) is 3.40. The van der Waals surface area contributed by atoms with Gasteiger partial charge in [0, 0.05) is 7.05 Å². The van der Waals surface area contributed by atoms with Gasteiger partial charge in [0.15, 0.2) is 5.82 Å². The van der Waals surface area contributed by atoms with Crippen molar-refractivity contribution in [2.75, 3.05) is 6.61 Å². The van der Waals surface area contributed by atoms with Crippen molar-refractivity contribution in [1.82, 2.24) is 35.2 Å². The number of aromatic nitrogens is 7. The summed E-state index contributed by atoms with van der Waals surface area (Å²) in [5, 5.41) is 18.9. The van der Waals surface area contributed by atoms with Gasteiger partial charge >= 0.3 is 5.69 Å². The number of rotatable bonds is 6. The number of benzene rings is 1. The molecular weight excluding hydrogens is 326 g/mol. The summed E-state index contributed by atoms with van der Waals surface area (Å²) in [4.78, 5) is 12.2. The van der Waals surface area contributed by atoms with E-state index in [4.69, 9.17) is 10.8 Å². The lowest BCUT2D eigenvalue weighted by Crippen LogP contribution is -2.25. The standard InChI is InChI=1S/C15H17N7O3/c1-4-24-14-11(9-25-12-8-6-5-7-10(12)2)13(16-18-17-14)22-15(23)21(3)19-20-22/h5-8H,4,9H2,1-3H3/i5T. The summed E-state index contributed by atoms with van der Waals surface area (Å²) >= 11 is 0. The molecule has 0 radical (unpaired) electrons. The Morgan fingerprint density at radius 1 is 1.24 bits per heavy atom. The maximum atomic E-state index is 12.2. The first kappa shape index (κ1) is 15.2. The lowest BCUT2D eigenvalue weighted by Gasteiger charge is -2.13. The predicted molar refractivity (Wildman–Crippen MR) is 86.7 cm³/mol. The zero-order valence-corrected chi connectivity index (χ0v) is 14.0. The van der Waals surface area contributed by atoms with Crippen LogP contribution in [0.2, 0.25) is 0 Å². The Bertz CT molecular complexity index is 986. The Balaban J connectivity index is 2.00. The molecule has 0 aliphatic heterocycles. The Morgan fingerprint density at radius 3 is 2.76 bits per heavy atom. The topological polar surface area (TPSA) is 110 Å². The van der Waals surface area contributed by atoms with Gasteiger partial charge in [-0.25, -0.2) is 4.79 Å². The fourth-order valence-corrected chi connectivity index (χ4v) is 2.13. The fourth-order valence-electron chi connectivity index (χ4n) is 2.13. The van der Waals surface area contributed by atoms with Crippen LogP contribution in [0.5, 0.6) is 11.6 Å². The molecule has 0 fully saturated rings. The maximum absolute atomic E-state index is 12.2. The fraction of sp³-hybridized carbons (Fsp3) is 0.333. The minimum atomic E-state index is -0.482. The molecule has 0 aliphatic rings. The molecule has 0 saturated heterocycles. The van der Waals surface area contributed by atoms with E-state index in [1.807, 2.05) is 6.92 Å². The van der Waals surface area contributed by atoms with Crippen LogP contribution in [0.15, 0.2) is 29.0 Å². The van der Waals surface area contributed by atoms with Crippen molar-refractivity contribution in [2.24, 2.45) is 7.05 Å². The van der Waals surface area contributed by atoms with E-state index in [0.29, 0.717) is 24.0 Å². The van der Waals surface area contributed by atoms with Crippen LogP contribution in [0, 0.1) is 6.92 Å². The Morgan fingerprint density at radius 2 is 2.08 bits per heavy atom. The van der Waals surface area contributed by atoms with Crippen molar-refractivity contribution in [1.29, 1.82) is 0 Å². The van der Waals surface area contributed by atoms with E-state index in [9.17, 15) is 4.79 Å². The van der Waals surface area contributed by atoms with Crippen LogP contribution >= 0.6 is 0 Å². The lowest BCUT2D eigenvalue weighted by molar-refractivity contribution is 0.274. The van der Waals surface area contributed by atoms with E-state index in [1.165, 1.54) is 7.05 Å². The summed E-state index contributed by atoms with van der Waals surface area (Å²) in [5.41, 5.74) is 0.742. The number of aryl methyl sites for hydroxylation is 2. The van der Waals surface area contributed by atoms with Crippen LogP contribution in [-0.4, -0.2) is 41.8 Å². The average molecular weight is 345 g/mol. The molecule has 0 atom stereocenters. The van der Waals surface area contributed by atoms with Crippen molar-refractivity contribution >= 4 is 0 Å². The van der Waals surface area contributed by atoms with E-state index in [2.05, 4.69) is 25.8 Å². The highest BCUT2D eigenvalue weighted by Crippen LogP contribution is 2.23. The molecule has 0 amide bonds. The van der Waals surface area contributed by atoms with Crippen molar-refractivity contribution in [3.8, 4) is 17.4 Å². The van der Waals surface area contributed by atoms with Crippen molar-refractivity contribution in [3.63, 3.8) is 0 Å². The molecule has 0 N–H and O–H groups in total. The molecular formula is C15H17N7O3. The highest BCUT2D eigenvalue weighted by Gasteiger charge is 2.20. The molecule has 0 aliphatic carbocycles. The average Bonchev–Trinajstić information content (AvgIpc) is 2.94. The van der Waals surface area contributed by atoms with Crippen molar-refractivity contribution in [2.45, 2.75) is 20.5 Å². The second kappa shape index (κ2) is 7.07. The quantitative estimate of drug-likeness (QED) is 0.633. The van der Waals surface area contributed by atoms with Gasteiger partial charge in [-0.05, 0) is 41.1 Å². The van der Waals surface area contributed by atoms with Gasteiger partial charge < -0.3 is 9.47 Å². The molecule has 0 bridgehead atoms. The second-order valence-electron chi connectivity index (χ2n) is 5.11. The number of hydrogen-bond donors (Lipinski definition) is 0. The SMILES string of the molecule is [3H]c1ccc(OCc2c(OCC)nnnc2-n2nnn(C)c2=O)c(C)c1. The zero-order valence-electron chi connectivity index (χ0n) is 15.0. The number of tetrazole rings is 1. The molecule has 2 aromatic heterocycles. The predicted octanol–water partition coefficient (Wildman–Crippen LogP) is 0.437. The third-order valence-electron chi connectivity index (χ3n) is 3.40. The summed E-state index contributed by atoms with van der Waals surface area (Å²) in [6.07, 6.45) is 0. The van der Waals surface area contributed by atoms with Crippen LogP contribution < -0.4 is 15.2 Å². The Labute approximate surface area is 144 Å². The first-order valence-electron chi connectivity index (χ1n) is 8.05. The highest BCUT2D eigenvalue weighted by molar-refractivity contribution is 5.39. The van der Waals surface area contributed by atoms with Gasteiger partial charge in [0.1, 0.15) is 12.4 Å². The van der Waals surface area contributed by atoms with Gasteiger partial charge in [0.2, 0.25) is 5.88 Å². The molecule has 2 heterocycles. The van der Waals surface area contributed by atoms with Crippen LogP contribution in [0.4, 0.5) is 0 Å². The second-order valence-corrected chi connectivity index (χ2v) is 5.11. The van der Waals surface area contributed by atoms with Gasteiger partial charge in [-0.1, -0.05) is 23.3 Å². The summed E-state index contributed by atoms with van der Waals surface area (Å²) in [7, 11) is 1.48. The minimum absolute atomic E-state index is 0.0222. The van der Waals surface area contributed by atoms with Gasteiger partial charge in [0.05, 0.1) is 13.5 Å². The van der Waals surface area contributed by atoms with E-state index in [-0.39, 0.29) is 18.3 Å². The highest BCUT2D eigenvalue weighted by atomic mass is 16.5. The number of hydrogen-bond acceptors (Lipinski definition) is 8. The molecule has 10 nitrogen and oxygen atoms in total. The summed E-state index contributed by atoms with van der Waals surface area (Å²) in [5.74, 6) is 0.929. The van der Waals surface area contributed by atoms with E-state index < -0.39 is 5.69 Å². The Kier molecular flexibility index (Phi) is 4.31. The minimum Gasteiger partial charge on any atom is -0.488 e. The molecule has 0 saturated carbocycles.